The lowest BCUT2D eigenvalue weighted by Crippen LogP contribution is -2.00. The van der Waals surface area contributed by atoms with Gasteiger partial charge in [0.1, 0.15) is 5.78 Å². The molecule has 0 unspecified atom stereocenters. The minimum absolute atomic E-state index is 0.415. The van der Waals surface area contributed by atoms with Gasteiger partial charge in [0.05, 0.1) is 0 Å². The molecule has 2 heteroatoms. The summed E-state index contributed by atoms with van der Waals surface area (Å²) in [6, 6.07) is 3.96. The summed E-state index contributed by atoms with van der Waals surface area (Å²) in [5, 5.41) is 0. The van der Waals surface area contributed by atoms with Gasteiger partial charge in [0, 0.05) is 25.2 Å². The summed E-state index contributed by atoms with van der Waals surface area (Å²) >= 11 is 0. The molecule has 1 aromatic rings. The lowest BCUT2D eigenvalue weighted by atomic mass is 10.0. The summed E-state index contributed by atoms with van der Waals surface area (Å²) in [7, 11) is 0. The molecule has 1 heterocycles. The Balaban J connectivity index is 1.66. The number of hydrogen-bond donors (Lipinski definition) is 0. The number of aryl methyl sites for hydroxylation is 1. The largest absolute Gasteiger partial charge is 0.300 e. The van der Waals surface area contributed by atoms with E-state index in [0.717, 1.165) is 25.2 Å². The minimum Gasteiger partial charge on any atom is -0.300 e. The third-order valence-electron chi connectivity index (χ3n) is 2.97. The highest BCUT2D eigenvalue weighted by atomic mass is 16.1. The lowest BCUT2D eigenvalue weighted by molar-refractivity contribution is -0.119. The van der Waals surface area contributed by atoms with Crippen molar-refractivity contribution in [1.29, 1.82) is 0 Å². The fraction of sp³-hybridized carbons (Fsp3) is 0.538. The van der Waals surface area contributed by atoms with E-state index in [1.807, 2.05) is 12.1 Å². The zero-order chi connectivity index (χ0) is 10.5. The van der Waals surface area contributed by atoms with Crippen LogP contribution in [0.5, 0.6) is 0 Å². The van der Waals surface area contributed by atoms with Gasteiger partial charge in [0.2, 0.25) is 0 Å². The Bertz CT molecular complexity index is 317. The summed E-state index contributed by atoms with van der Waals surface area (Å²) < 4.78 is 0. The van der Waals surface area contributed by atoms with E-state index >= 15 is 0 Å². The molecule has 1 fully saturated rings. The predicted octanol–water partition coefficient (Wildman–Crippen LogP) is 2.77. The number of pyridine rings is 1. The minimum atomic E-state index is 0.415. The van der Waals surface area contributed by atoms with Crippen LogP contribution in [-0.4, -0.2) is 10.8 Å². The molecule has 2 nitrogen and oxygen atoms in total. The number of rotatable bonds is 6. The molecule has 1 saturated carbocycles. The van der Waals surface area contributed by atoms with Crippen molar-refractivity contribution in [2.75, 3.05) is 0 Å². The maximum atomic E-state index is 11.5. The second-order valence-electron chi connectivity index (χ2n) is 4.38. The second-order valence-corrected chi connectivity index (χ2v) is 4.38. The molecule has 1 aliphatic rings. The molecule has 0 radical (unpaired) electrons. The molecule has 1 aliphatic carbocycles. The van der Waals surface area contributed by atoms with E-state index in [1.165, 1.54) is 18.4 Å². The molecule has 0 N–H and O–H groups in total. The van der Waals surface area contributed by atoms with Crippen molar-refractivity contribution in [3.05, 3.63) is 30.1 Å². The quantitative estimate of drug-likeness (QED) is 0.711. The van der Waals surface area contributed by atoms with Gasteiger partial charge < -0.3 is 0 Å². The van der Waals surface area contributed by atoms with Crippen molar-refractivity contribution in [2.45, 2.75) is 38.5 Å². The van der Waals surface area contributed by atoms with Crippen LogP contribution in [0.15, 0.2) is 24.5 Å². The Morgan fingerprint density at radius 2 is 2.00 bits per heavy atom. The predicted molar refractivity (Wildman–Crippen MR) is 59.5 cm³/mol. The molecule has 0 amide bonds. The summed E-state index contributed by atoms with van der Waals surface area (Å²) in [4.78, 5) is 15.5. The van der Waals surface area contributed by atoms with Gasteiger partial charge in [0.15, 0.2) is 0 Å². The van der Waals surface area contributed by atoms with Gasteiger partial charge >= 0.3 is 0 Å². The first-order valence-electron chi connectivity index (χ1n) is 5.75. The number of carbonyl (C=O) groups excluding carboxylic acids is 1. The summed E-state index contributed by atoms with van der Waals surface area (Å²) in [5.41, 5.74) is 1.21. The van der Waals surface area contributed by atoms with Crippen LogP contribution in [0.2, 0.25) is 0 Å². The van der Waals surface area contributed by atoms with Crippen molar-refractivity contribution in [2.24, 2.45) is 5.92 Å². The third-order valence-corrected chi connectivity index (χ3v) is 2.97. The maximum absolute atomic E-state index is 11.5. The van der Waals surface area contributed by atoms with Crippen LogP contribution in [0.3, 0.4) is 0 Å². The molecule has 0 spiro atoms. The van der Waals surface area contributed by atoms with E-state index in [1.54, 1.807) is 12.4 Å². The van der Waals surface area contributed by atoms with Crippen LogP contribution in [0.25, 0.3) is 0 Å². The summed E-state index contributed by atoms with van der Waals surface area (Å²) in [6.45, 7) is 0. The normalized spacial score (nSPS) is 15.2. The van der Waals surface area contributed by atoms with Crippen molar-refractivity contribution in [3.63, 3.8) is 0 Å². The molecule has 80 valence electrons. The van der Waals surface area contributed by atoms with Gasteiger partial charge in [-0.2, -0.15) is 0 Å². The van der Waals surface area contributed by atoms with Gasteiger partial charge in [-0.3, -0.25) is 9.78 Å². The van der Waals surface area contributed by atoms with Crippen LogP contribution in [0, 0.1) is 5.92 Å². The van der Waals surface area contributed by atoms with Crippen molar-refractivity contribution in [1.82, 2.24) is 4.98 Å². The van der Waals surface area contributed by atoms with E-state index in [2.05, 4.69) is 4.98 Å². The first-order chi connectivity index (χ1) is 7.34. The highest BCUT2D eigenvalue weighted by Crippen LogP contribution is 2.33. The van der Waals surface area contributed by atoms with Crippen molar-refractivity contribution in [3.8, 4) is 0 Å². The molecule has 15 heavy (non-hydrogen) atoms. The third kappa shape index (κ3) is 3.82. The van der Waals surface area contributed by atoms with Crippen LogP contribution >= 0.6 is 0 Å². The Morgan fingerprint density at radius 1 is 1.27 bits per heavy atom. The SMILES string of the molecule is O=C(CCc1ccncc1)CCC1CC1. The maximum Gasteiger partial charge on any atom is 0.133 e. The molecule has 0 aromatic carbocycles. The van der Waals surface area contributed by atoms with Crippen LogP contribution < -0.4 is 0 Å². The molecule has 0 bridgehead atoms. The van der Waals surface area contributed by atoms with Crippen LogP contribution in [0.4, 0.5) is 0 Å². The van der Waals surface area contributed by atoms with Crippen molar-refractivity contribution >= 4 is 5.78 Å². The molecule has 0 saturated heterocycles. The zero-order valence-electron chi connectivity index (χ0n) is 8.98. The van der Waals surface area contributed by atoms with E-state index in [0.29, 0.717) is 12.2 Å². The molecule has 2 rings (SSSR count). The van der Waals surface area contributed by atoms with Gasteiger partial charge in [-0.1, -0.05) is 12.8 Å². The molecule has 1 aromatic heterocycles. The fourth-order valence-corrected chi connectivity index (χ4v) is 1.73. The van der Waals surface area contributed by atoms with Gasteiger partial charge in [0.25, 0.3) is 0 Å². The summed E-state index contributed by atoms with van der Waals surface area (Å²) in [6.07, 6.45) is 9.72. The lowest BCUT2D eigenvalue weighted by Gasteiger charge is -2.00. The van der Waals surface area contributed by atoms with Gasteiger partial charge in [-0.15, -0.1) is 0 Å². The number of carbonyl (C=O) groups is 1. The van der Waals surface area contributed by atoms with Crippen molar-refractivity contribution < 1.29 is 4.79 Å². The molecule has 0 aliphatic heterocycles. The Hall–Kier alpha value is -1.18. The standard InChI is InChI=1S/C13H17NO/c15-13(5-3-11-1-2-11)6-4-12-7-9-14-10-8-12/h7-11H,1-6H2. The molecule has 0 atom stereocenters. The summed E-state index contributed by atoms with van der Waals surface area (Å²) in [5.74, 6) is 1.29. The average molecular weight is 203 g/mol. The second kappa shape index (κ2) is 5.06. The smallest absolute Gasteiger partial charge is 0.133 e. The first kappa shape index (κ1) is 10.3. The Labute approximate surface area is 90.7 Å². The number of hydrogen-bond acceptors (Lipinski definition) is 2. The highest BCUT2D eigenvalue weighted by Gasteiger charge is 2.21. The first-order valence-corrected chi connectivity index (χ1v) is 5.75. The number of aromatic nitrogens is 1. The highest BCUT2D eigenvalue weighted by molar-refractivity contribution is 5.78. The van der Waals surface area contributed by atoms with Crippen LogP contribution in [-0.2, 0) is 11.2 Å². The van der Waals surface area contributed by atoms with Gasteiger partial charge in [-0.25, -0.2) is 0 Å². The van der Waals surface area contributed by atoms with E-state index < -0.39 is 0 Å². The van der Waals surface area contributed by atoms with Gasteiger partial charge in [-0.05, 0) is 36.5 Å². The molecular formula is C13H17NO. The molecular weight excluding hydrogens is 186 g/mol. The Morgan fingerprint density at radius 3 is 2.67 bits per heavy atom. The monoisotopic (exact) mass is 203 g/mol. The Kier molecular flexibility index (Phi) is 3.49. The average Bonchev–Trinajstić information content (AvgIpc) is 3.09. The van der Waals surface area contributed by atoms with E-state index in [4.69, 9.17) is 0 Å². The fourth-order valence-electron chi connectivity index (χ4n) is 1.73. The van der Waals surface area contributed by atoms with E-state index in [9.17, 15) is 4.79 Å². The number of ketones is 1. The zero-order valence-corrected chi connectivity index (χ0v) is 8.98. The number of nitrogens with zero attached hydrogens (tertiary/aromatic N) is 1. The van der Waals surface area contributed by atoms with E-state index in [-0.39, 0.29) is 0 Å². The number of Topliss-reactive ketones (excluding diaryl/α,β-unsaturated/α-hetero) is 1. The van der Waals surface area contributed by atoms with Crippen LogP contribution in [0.1, 0.15) is 37.7 Å². The topological polar surface area (TPSA) is 30.0 Å².